The van der Waals surface area contributed by atoms with E-state index >= 15 is 0 Å². The number of sulfonamides is 2. The van der Waals surface area contributed by atoms with Crippen LogP contribution < -0.4 is 29.6 Å². The van der Waals surface area contributed by atoms with Crippen LogP contribution in [-0.2, 0) is 20.0 Å². The van der Waals surface area contributed by atoms with Crippen molar-refractivity contribution in [3.63, 3.8) is 0 Å². The van der Waals surface area contributed by atoms with Gasteiger partial charge in [-0.15, -0.1) is 0 Å². The van der Waals surface area contributed by atoms with E-state index in [1.165, 1.54) is 16.8 Å². The molecule has 0 aromatic carbocycles. The third kappa shape index (κ3) is 4.39. The van der Waals surface area contributed by atoms with E-state index < -0.39 is 20.0 Å². The number of hydrogen-bond acceptors (Lipinski definition) is 5. The predicted octanol–water partition coefficient (Wildman–Crippen LogP) is -2.23. The summed E-state index contributed by atoms with van der Waals surface area (Å²) < 4.78 is 46.3. The van der Waals surface area contributed by atoms with Gasteiger partial charge in [0.1, 0.15) is 10.0 Å². The minimum atomic E-state index is -4.03. The summed E-state index contributed by atoms with van der Waals surface area (Å²) in [6.45, 7) is 0. The Morgan fingerprint density at radius 1 is 1.29 bits per heavy atom. The minimum Gasteiger partial charge on any atom is -0.432 e. The molecule has 0 fully saturated rings. The quantitative estimate of drug-likeness (QED) is 0.578. The van der Waals surface area contributed by atoms with E-state index in [1.807, 2.05) is 0 Å². The van der Waals surface area contributed by atoms with Gasteiger partial charge in [-0.1, -0.05) is 0 Å². The zero-order valence-electron chi connectivity index (χ0n) is 7.54. The summed E-state index contributed by atoms with van der Waals surface area (Å²) in [5.74, 6) is 0. The molecule has 0 aliphatic rings. The summed E-state index contributed by atoms with van der Waals surface area (Å²) in [4.78, 5) is -0.0945. The van der Waals surface area contributed by atoms with Crippen LogP contribution in [0, 0.1) is 0 Å². The largest absolute Gasteiger partial charge is 1.00 e. The standard InChI is InChI=1S/C5H6NO4S3.Na/c1-12(7,8)6-13(9,10)5-2-3-11-4-5;/h2-4H,1H3;/q-1;+1. The van der Waals surface area contributed by atoms with E-state index in [0.717, 1.165) is 17.6 Å². The molecular weight excluding hydrogens is 257 g/mol. The maximum absolute atomic E-state index is 11.2. The van der Waals surface area contributed by atoms with Gasteiger partial charge in [0.15, 0.2) is 0 Å². The average molecular weight is 263 g/mol. The van der Waals surface area contributed by atoms with Crippen LogP contribution in [0.3, 0.4) is 0 Å². The summed E-state index contributed by atoms with van der Waals surface area (Å²) in [6, 6.07) is 1.30. The van der Waals surface area contributed by atoms with Gasteiger partial charge < -0.3 is 4.13 Å². The van der Waals surface area contributed by atoms with Crippen molar-refractivity contribution in [2.75, 3.05) is 6.26 Å². The normalized spacial score (nSPS) is 12.1. The molecule has 0 saturated heterocycles. The molecule has 1 aromatic rings. The molecule has 1 rings (SSSR count). The molecule has 0 spiro atoms. The first-order valence-corrected chi connectivity index (χ1v) is 7.26. The predicted molar refractivity (Wildman–Crippen MR) is 49.7 cm³/mol. The summed E-state index contributed by atoms with van der Waals surface area (Å²) in [7, 11) is -7.89. The summed E-state index contributed by atoms with van der Waals surface area (Å²) in [5.41, 5.74) is 0. The molecule has 0 atom stereocenters. The molecule has 1 heterocycles. The second kappa shape index (κ2) is 5.06. The summed E-state index contributed by atoms with van der Waals surface area (Å²) >= 11 is 1.16. The smallest absolute Gasteiger partial charge is 0.432 e. The monoisotopic (exact) mass is 263 g/mol. The van der Waals surface area contributed by atoms with Gasteiger partial charge in [-0.05, 0) is 11.4 Å². The van der Waals surface area contributed by atoms with Crippen molar-refractivity contribution in [3.8, 4) is 0 Å². The molecule has 0 bridgehead atoms. The third-order valence-electron chi connectivity index (χ3n) is 1.03. The van der Waals surface area contributed by atoms with Crippen LogP contribution in [0.1, 0.15) is 0 Å². The van der Waals surface area contributed by atoms with Gasteiger partial charge in [-0.2, -0.15) is 11.3 Å². The van der Waals surface area contributed by atoms with Crippen molar-refractivity contribution in [3.05, 3.63) is 21.0 Å². The summed E-state index contributed by atoms with van der Waals surface area (Å²) in [5, 5.41) is 2.86. The minimum absolute atomic E-state index is 0. The molecule has 0 N–H and O–H groups in total. The van der Waals surface area contributed by atoms with Crippen molar-refractivity contribution in [1.82, 2.24) is 0 Å². The molecule has 1 aromatic heterocycles. The Labute approximate surface area is 109 Å². The van der Waals surface area contributed by atoms with Crippen molar-refractivity contribution >= 4 is 31.4 Å². The Balaban J connectivity index is 0.00000169. The molecule has 0 amide bonds. The molecule has 5 nitrogen and oxygen atoms in total. The zero-order chi connectivity index (χ0) is 10.1. The molecule has 0 aliphatic heterocycles. The van der Waals surface area contributed by atoms with Crippen LogP contribution in [0.5, 0.6) is 0 Å². The van der Waals surface area contributed by atoms with Crippen LogP contribution in [0.4, 0.5) is 0 Å². The van der Waals surface area contributed by atoms with Gasteiger partial charge in [0.25, 0.3) is 0 Å². The Kier molecular flexibility index (Phi) is 5.26. The van der Waals surface area contributed by atoms with E-state index in [2.05, 4.69) is 4.13 Å². The van der Waals surface area contributed by atoms with Crippen LogP contribution in [0.2, 0.25) is 0 Å². The van der Waals surface area contributed by atoms with Gasteiger partial charge >= 0.3 is 29.6 Å². The molecule has 14 heavy (non-hydrogen) atoms. The fourth-order valence-electron chi connectivity index (χ4n) is 0.620. The van der Waals surface area contributed by atoms with E-state index in [0.29, 0.717) is 0 Å². The number of nitrogens with zero attached hydrogens (tertiary/aromatic N) is 1. The van der Waals surface area contributed by atoms with Crippen molar-refractivity contribution in [1.29, 1.82) is 0 Å². The van der Waals surface area contributed by atoms with E-state index in [-0.39, 0.29) is 34.5 Å². The fraction of sp³-hybridized carbons (Fsp3) is 0.200. The molecule has 0 aliphatic carbocycles. The summed E-state index contributed by atoms with van der Waals surface area (Å²) in [6.07, 6.45) is 0.733. The molecule has 74 valence electrons. The van der Waals surface area contributed by atoms with Gasteiger partial charge in [-0.3, -0.25) is 0 Å². The first-order valence-electron chi connectivity index (χ1n) is 3.03. The second-order valence-electron chi connectivity index (χ2n) is 2.24. The number of thiophene rings is 1. The first kappa shape index (κ1) is 14.6. The van der Waals surface area contributed by atoms with Crippen LogP contribution in [-0.4, -0.2) is 23.1 Å². The maximum atomic E-state index is 11.2. The maximum Gasteiger partial charge on any atom is 1.00 e. The van der Waals surface area contributed by atoms with Crippen LogP contribution in [0.25, 0.3) is 4.13 Å². The topological polar surface area (TPSA) is 82.4 Å². The van der Waals surface area contributed by atoms with Crippen molar-refractivity contribution in [2.45, 2.75) is 4.90 Å². The zero-order valence-corrected chi connectivity index (χ0v) is 12.0. The van der Waals surface area contributed by atoms with Crippen LogP contribution >= 0.6 is 11.3 Å². The van der Waals surface area contributed by atoms with Gasteiger partial charge in [-0.25, -0.2) is 16.8 Å². The van der Waals surface area contributed by atoms with E-state index in [9.17, 15) is 16.8 Å². The molecular formula is C5H6NNaO4S3. The first-order chi connectivity index (χ1) is 5.81. The fourth-order valence-corrected chi connectivity index (χ4v) is 3.89. The molecule has 0 unspecified atom stereocenters. The van der Waals surface area contributed by atoms with Crippen LogP contribution in [0.15, 0.2) is 21.7 Å². The Morgan fingerprint density at radius 3 is 2.21 bits per heavy atom. The third-order valence-corrected chi connectivity index (χ3v) is 4.58. The van der Waals surface area contributed by atoms with Crippen molar-refractivity contribution in [2.24, 2.45) is 0 Å². The molecule has 0 radical (unpaired) electrons. The number of rotatable bonds is 3. The Hall–Kier alpha value is 0.560. The van der Waals surface area contributed by atoms with Gasteiger partial charge in [0.2, 0.25) is 0 Å². The van der Waals surface area contributed by atoms with Crippen molar-refractivity contribution < 1.29 is 46.4 Å². The SMILES string of the molecule is CS(=O)(=O)[N-]S(=O)(=O)c1ccsc1.[Na+]. The Morgan fingerprint density at radius 2 is 1.86 bits per heavy atom. The second-order valence-corrected chi connectivity index (χ2v) is 6.51. The average Bonchev–Trinajstić information content (AvgIpc) is 2.29. The molecule has 9 heteroatoms. The number of hydrogen-bond donors (Lipinski definition) is 0. The van der Waals surface area contributed by atoms with Gasteiger partial charge in [0.05, 0.1) is 14.9 Å². The Bertz CT molecular complexity index is 475. The van der Waals surface area contributed by atoms with E-state index in [4.69, 9.17) is 0 Å². The molecule has 0 saturated carbocycles. The van der Waals surface area contributed by atoms with Gasteiger partial charge in [0, 0.05) is 11.6 Å². The van der Waals surface area contributed by atoms with E-state index in [1.54, 1.807) is 0 Å².